The van der Waals surface area contributed by atoms with Crippen molar-refractivity contribution in [3.63, 3.8) is 0 Å². The molecule has 4 aliphatic carbocycles. The zero-order chi connectivity index (χ0) is 19.2. The van der Waals surface area contributed by atoms with Crippen LogP contribution in [0.1, 0.15) is 105 Å². The molecule has 0 amide bonds. The molecule has 0 radical (unpaired) electrons. The fourth-order valence-corrected chi connectivity index (χ4v) is 8.17. The third kappa shape index (κ3) is 3.45. The fraction of sp³-hybridized carbons (Fsp3) is 0.923. The monoisotopic (exact) mass is 372 g/mol. The average Bonchev–Trinajstić information content (AvgIpc) is 2.96. The SMILES string of the molecule is CC(C)CCCCC1CCC2[C@@H]3CC=C4C[C@@H](O)CC[C@]4(C)C3CC[C@]12C. The van der Waals surface area contributed by atoms with Crippen LogP contribution in [0.15, 0.2) is 11.6 Å². The van der Waals surface area contributed by atoms with Gasteiger partial charge in [-0.05, 0) is 98.2 Å². The van der Waals surface area contributed by atoms with Gasteiger partial charge in [0.15, 0.2) is 0 Å². The summed E-state index contributed by atoms with van der Waals surface area (Å²) in [5.74, 6) is 4.64. The van der Waals surface area contributed by atoms with Crippen molar-refractivity contribution in [2.45, 2.75) is 111 Å². The summed E-state index contributed by atoms with van der Waals surface area (Å²) in [6.07, 6.45) is 18.7. The van der Waals surface area contributed by atoms with E-state index in [9.17, 15) is 5.11 Å². The minimum absolute atomic E-state index is 0.0727. The molecule has 1 heteroatoms. The van der Waals surface area contributed by atoms with E-state index in [1.54, 1.807) is 5.57 Å². The van der Waals surface area contributed by atoms with Crippen LogP contribution < -0.4 is 0 Å². The number of rotatable bonds is 5. The van der Waals surface area contributed by atoms with Gasteiger partial charge < -0.3 is 5.11 Å². The van der Waals surface area contributed by atoms with Crippen LogP contribution in [0.25, 0.3) is 0 Å². The van der Waals surface area contributed by atoms with Crippen LogP contribution in [-0.4, -0.2) is 11.2 Å². The van der Waals surface area contributed by atoms with Crippen LogP contribution in [0, 0.1) is 40.4 Å². The van der Waals surface area contributed by atoms with Gasteiger partial charge in [-0.25, -0.2) is 0 Å². The van der Waals surface area contributed by atoms with Crippen molar-refractivity contribution in [1.29, 1.82) is 0 Å². The molecule has 3 unspecified atom stereocenters. The summed E-state index contributed by atoms with van der Waals surface area (Å²) in [4.78, 5) is 0. The molecule has 27 heavy (non-hydrogen) atoms. The van der Waals surface area contributed by atoms with E-state index >= 15 is 0 Å². The van der Waals surface area contributed by atoms with Gasteiger partial charge >= 0.3 is 0 Å². The topological polar surface area (TPSA) is 20.2 Å². The highest BCUT2D eigenvalue weighted by atomic mass is 16.3. The van der Waals surface area contributed by atoms with Crippen LogP contribution in [0.5, 0.6) is 0 Å². The summed E-state index contributed by atoms with van der Waals surface area (Å²) in [6, 6.07) is 0. The maximum absolute atomic E-state index is 10.2. The minimum Gasteiger partial charge on any atom is -0.393 e. The maximum Gasteiger partial charge on any atom is 0.0577 e. The molecule has 0 spiro atoms. The number of aliphatic hydroxyl groups is 1. The van der Waals surface area contributed by atoms with E-state index in [-0.39, 0.29) is 6.10 Å². The highest BCUT2D eigenvalue weighted by Crippen LogP contribution is 2.66. The quantitative estimate of drug-likeness (QED) is 0.401. The van der Waals surface area contributed by atoms with Crippen LogP contribution in [0.2, 0.25) is 0 Å². The van der Waals surface area contributed by atoms with Gasteiger partial charge in [0.25, 0.3) is 0 Å². The van der Waals surface area contributed by atoms with Crippen molar-refractivity contribution in [2.75, 3.05) is 0 Å². The largest absolute Gasteiger partial charge is 0.393 e. The van der Waals surface area contributed by atoms with Gasteiger partial charge in [0.2, 0.25) is 0 Å². The molecule has 7 atom stereocenters. The third-order valence-corrected chi connectivity index (χ3v) is 9.86. The van der Waals surface area contributed by atoms with E-state index in [4.69, 9.17) is 0 Å². The van der Waals surface area contributed by atoms with E-state index in [0.717, 1.165) is 42.4 Å². The Labute approximate surface area is 168 Å². The summed E-state index contributed by atoms with van der Waals surface area (Å²) >= 11 is 0. The lowest BCUT2D eigenvalue weighted by atomic mass is 9.47. The second kappa shape index (κ2) is 7.51. The predicted molar refractivity (Wildman–Crippen MR) is 115 cm³/mol. The predicted octanol–water partition coefficient (Wildman–Crippen LogP) is 7.14. The Morgan fingerprint density at radius 1 is 1.04 bits per heavy atom. The molecule has 0 aliphatic heterocycles. The summed E-state index contributed by atoms with van der Waals surface area (Å²) in [5, 5.41) is 10.2. The Kier molecular flexibility index (Phi) is 5.56. The van der Waals surface area contributed by atoms with Gasteiger partial charge in [-0.1, -0.05) is 58.6 Å². The van der Waals surface area contributed by atoms with E-state index in [2.05, 4.69) is 33.8 Å². The van der Waals surface area contributed by atoms with Crippen LogP contribution >= 0.6 is 0 Å². The number of aliphatic hydroxyl groups excluding tert-OH is 1. The molecular weight excluding hydrogens is 328 g/mol. The highest BCUT2D eigenvalue weighted by molar-refractivity contribution is 5.25. The molecule has 0 aromatic rings. The zero-order valence-electron chi connectivity index (χ0n) is 18.5. The first-order chi connectivity index (χ1) is 12.8. The number of hydrogen-bond donors (Lipinski definition) is 1. The molecule has 0 saturated heterocycles. The van der Waals surface area contributed by atoms with E-state index < -0.39 is 0 Å². The Balaban J connectivity index is 1.46. The van der Waals surface area contributed by atoms with Gasteiger partial charge in [0.05, 0.1) is 6.10 Å². The standard InChI is InChI=1S/C26H44O/c1-18(2)7-5-6-8-19-10-12-23-22-11-9-20-17-21(27)13-15-26(20,4)24(22)14-16-25(19,23)3/h9,18-19,21-24,27H,5-8,10-17H2,1-4H3/t19?,21-,22-,23?,24?,25+,26-/m0/s1. The lowest BCUT2D eigenvalue weighted by Gasteiger charge is -2.58. The minimum atomic E-state index is -0.0727. The van der Waals surface area contributed by atoms with Crippen LogP contribution in [0.3, 0.4) is 0 Å². The second-order valence-corrected chi connectivity index (χ2v) is 11.7. The number of allylic oxidation sites excluding steroid dienone is 1. The molecule has 3 saturated carbocycles. The molecule has 3 fully saturated rings. The second-order valence-electron chi connectivity index (χ2n) is 11.7. The Hall–Kier alpha value is -0.300. The summed E-state index contributed by atoms with van der Waals surface area (Å²) in [6.45, 7) is 9.97. The average molecular weight is 373 g/mol. The molecule has 0 aromatic carbocycles. The molecule has 0 heterocycles. The third-order valence-electron chi connectivity index (χ3n) is 9.86. The van der Waals surface area contributed by atoms with Crippen molar-refractivity contribution < 1.29 is 5.11 Å². The number of hydrogen-bond acceptors (Lipinski definition) is 1. The van der Waals surface area contributed by atoms with Crippen molar-refractivity contribution in [2.24, 2.45) is 40.4 Å². The van der Waals surface area contributed by atoms with Gasteiger partial charge in [-0.15, -0.1) is 0 Å². The molecule has 154 valence electrons. The highest BCUT2D eigenvalue weighted by Gasteiger charge is 2.58. The molecule has 0 bridgehead atoms. The summed E-state index contributed by atoms with van der Waals surface area (Å²) < 4.78 is 0. The van der Waals surface area contributed by atoms with Crippen LogP contribution in [0.4, 0.5) is 0 Å². The van der Waals surface area contributed by atoms with Crippen molar-refractivity contribution in [1.82, 2.24) is 0 Å². The zero-order valence-corrected chi connectivity index (χ0v) is 18.5. The Bertz CT molecular complexity index is 563. The lowest BCUT2D eigenvalue weighted by Crippen LogP contribution is -2.50. The Morgan fingerprint density at radius 3 is 2.63 bits per heavy atom. The van der Waals surface area contributed by atoms with Gasteiger partial charge in [0, 0.05) is 0 Å². The lowest BCUT2D eigenvalue weighted by molar-refractivity contribution is -0.0508. The first-order valence-corrected chi connectivity index (χ1v) is 12.2. The van der Waals surface area contributed by atoms with Gasteiger partial charge in [-0.2, -0.15) is 0 Å². The summed E-state index contributed by atoms with van der Waals surface area (Å²) in [5.41, 5.74) is 2.64. The molecular formula is C26H44O. The molecule has 4 aliphatic rings. The van der Waals surface area contributed by atoms with Crippen molar-refractivity contribution in [3.8, 4) is 0 Å². The number of fused-ring (bicyclic) bond motifs is 5. The smallest absolute Gasteiger partial charge is 0.0577 e. The van der Waals surface area contributed by atoms with Crippen molar-refractivity contribution >= 4 is 0 Å². The first-order valence-electron chi connectivity index (χ1n) is 12.2. The van der Waals surface area contributed by atoms with Gasteiger partial charge in [0.1, 0.15) is 0 Å². The normalized spacial score (nSPS) is 46.6. The summed E-state index contributed by atoms with van der Waals surface area (Å²) in [7, 11) is 0. The number of unbranched alkanes of at least 4 members (excludes halogenated alkanes) is 1. The maximum atomic E-state index is 10.2. The van der Waals surface area contributed by atoms with E-state index in [1.807, 2.05) is 0 Å². The molecule has 0 aromatic heterocycles. The van der Waals surface area contributed by atoms with E-state index in [1.165, 1.54) is 64.2 Å². The fourth-order valence-electron chi connectivity index (χ4n) is 8.17. The Morgan fingerprint density at radius 2 is 1.85 bits per heavy atom. The van der Waals surface area contributed by atoms with E-state index in [0.29, 0.717) is 10.8 Å². The molecule has 1 nitrogen and oxygen atoms in total. The molecule has 4 rings (SSSR count). The first kappa shape index (κ1) is 20.0. The van der Waals surface area contributed by atoms with Crippen LogP contribution in [-0.2, 0) is 0 Å². The molecule has 1 N–H and O–H groups in total. The van der Waals surface area contributed by atoms with Crippen molar-refractivity contribution in [3.05, 3.63) is 11.6 Å². The van der Waals surface area contributed by atoms with Gasteiger partial charge in [-0.3, -0.25) is 0 Å².